The monoisotopic (exact) mass is 422 g/mol. The average molecular weight is 424 g/mol. The van der Waals surface area contributed by atoms with E-state index in [1.807, 2.05) is 0 Å². The second kappa shape index (κ2) is 5.88. The molecule has 0 aliphatic rings. The highest BCUT2D eigenvalue weighted by Gasteiger charge is 2.26. The molecule has 0 spiro atoms. The second-order valence-electron chi connectivity index (χ2n) is 4.20. The zero-order chi connectivity index (χ0) is 14.9. The molecule has 0 aliphatic heterocycles. The Hall–Kier alpha value is -0.830. The van der Waals surface area contributed by atoms with Crippen LogP contribution in [-0.2, 0) is 16.6 Å². The number of rotatable bonds is 4. The van der Waals surface area contributed by atoms with Gasteiger partial charge in [0.05, 0.1) is 18.2 Å². The summed E-state index contributed by atoms with van der Waals surface area (Å²) in [6.45, 7) is 0.209. The summed E-state index contributed by atoms with van der Waals surface area (Å²) < 4.78 is 32.4. The van der Waals surface area contributed by atoms with Crippen molar-refractivity contribution in [2.45, 2.75) is 11.4 Å². The van der Waals surface area contributed by atoms with Gasteiger partial charge in [-0.15, -0.1) is 0 Å². The van der Waals surface area contributed by atoms with E-state index in [1.54, 1.807) is 18.2 Å². The molecule has 1 heterocycles. The SMILES string of the molecule is CN(Cc1ccoc1)S(=O)(=O)c1c(N)cc(Br)cc1Br. The van der Waals surface area contributed by atoms with E-state index in [2.05, 4.69) is 31.9 Å². The van der Waals surface area contributed by atoms with Crippen LogP contribution in [0.5, 0.6) is 0 Å². The highest BCUT2D eigenvalue weighted by molar-refractivity contribution is 9.11. The van der Waals surface area contributed by atoms with Gasteiger partial charge in [-0.25, -0.2) is 8.42 Å². The van der Waals surface area contributed by atoms with E-state index in [4.69, 9.17) is 10.2 Å². The van der Waals surface area contributed by atoms with Crippen LogP contribution in [-0.4, -0.2) is 19.8 Å². The Bertz CT molecular complexity index is 691. The lowest BCUT2D eigenvalue weighted by molar-refractivity contribution is 0.463. The molecule has 1 aromatic heterocycles. The van der Waals surface area contributed by atoms with Gasteiger partial charge in [-0.2, -0.15) is 4.31 Å². The van der Waals surface area contributed by atoms with Crippen molar-refractivity contribution in [1.29, 1.82) is 0 Å². The fourth-order valence-electron chi connectivity index (χ4n) is 1.73. The van der Waals surface area contributed by atoms with Crippen LogP contribution < -0.4 is 5.73 Å². The van der Waals surface area contributed by atoms with E-state index < -0.39 is 10.0 Å². The number of hydrogen-bond donors (Lipinski definition) is 1. The lowest BCUT2D eigenvalue weighted by atomic mass is 10.3. The fraction of sp³-hybridized carbons (Fsp3) is 0.167. The Labute approximate surface area is 134 Å². The smallest absolute Gasteiger partial charge is 0.246 e. The van der Waals surface area contributed by atoms with Gasteiger partial charge in [-0.1, -0.05) is 15.9 Å². The molecule has 0 amide bonds. The highest BCUT2D eigenvalue weighted by atomic mass is 79.9. The molecule has 2 rings (SSSR count). The van der Waals surface area contributed by atoms with Crippen LogP contribution in [0.2, 0.25) is 0 Å². The largest absolute Gasteiger partial charge is 0.472 e. The third kappa shape index (κ3) is 3.08. The van der Waals surface area contributed by atoms with E-state index >= 15 is 0 Å². The molecule has 5 nitrogen and oxygen atoms in total. The van der Waals surface area contributed by atoms with Crippen LogP contribution >= 0.6 is 31.9 Å². The lowest BCUT2D eigenvalue weighted by Crippen LogP contribution is -2.27. The maximum absolute atomic E-state index is 12.6. The molecule has 0 bridgehead atoms. The van der Waals surface area contributed by atoms with Crippen LogP contribution in [0.3, 0.4) is 0 Å². The minimum absolute atomic E-state index is 0.0618. The summed E-state index contributed by atoms with van der Waals surface area (Å²) in [7, 11) is -2.20. The first kappa shape index (κ1) is 15.6. The fourth-order valence-corrected chi connectivity index (χ4v) is 4.90. The first-order chi connectivity index (χ1) is 9.32. The molecule has 0 radical (unpaired) electrons. The summed E-state index contributed by atoms with van der Waals surface area (Å²) in [4.78, 5) is 0.0618. The number of nitrogens with zero attached hydrogens (tertiary/aromatic N) is 1. The van der Waals surface area contributed by atoms with Crippen molar-refractivity contribution in [2.24, 2.45) is 0 Å². The molecular weight excluding hydrogens is 412 g/mol. The summed E-state index contributed by atoms with van der Waals surface area (Å²) in [5.74, 6) is 0. The summed E-state index contributed by atoms with van der Waals surface area (Å²) in [6, 6.07) is 4.92. The van der Waals surface area contributed by atoms with E-state index in [-0.39, 0.29) is 17.1 Å². The van der Waals surface area contributed by atoms with Crippen molar-refractivity contribution in [3.8, 4) is 0 Å². The van der Waals surface area contributed by atoms with Crippen molar-refractivity contribution < 1.29 is 12.8 Å². The van der Waals surface area contributed by atoms with E-state index in [1.165, 1.54) is 23.9 Å². The van der Waals surface area contributed by atoms with Gasteiger partial charge in [-0.05, 0) is 34.1 Å². The van der Waals surface area contributed by atoms with Crippen molar-refractivity contribution in [2.75, 3.05) is 12.8 Å². The minimum Gasteiger partial charge on any atom is -0.472 e. The van der Waals surface area contributed by atoms with Crippen LogP contribution in [0.25, 0.3) is 0 Å². The van der Waals surface area contributed by atoms with Crippen molar-refractivity contribution in [3.63, 3.8) is 0 Å². The third-order valence-electron chi connectivity index (χ3n) is 2.69. The Morgan fingerprint density at radius 1 is 1.35 bits per heavy atom. The molecular formula is C12H12Br2N2O3S. The van der Waals surface area contributed by atoms with Gasteiger partial charge in [0, 0.05) is 28.1 Å². The Morgan fingerprint density at radius 3 is 2.60 bits per heavy atom. The van der Waals surface area contributed by atoms with Crippen LogP contribution in [0, 0.1) is 0 Å². The lowest BCUT2D eigenvalue weighted by Gasteiger charge is -2.19. The molecule has 20 heavy (non-hydrogen) atoms. The van der Waals surface area contributed by atoms with Crippen LogP contribution in [0.15, 0.2) is 49.0 Å². The number of hydrogen-bond acceptors (Lipinski definition) is 4. The molecule has 0 fully saturated rings. The van der Waals surface area contributed by atoms with Gasteiger partial charge in [0.1, 0.15) is 4.90 Å². The molecule has 2 N–H and O–H groups in total. The second-order valence-corrected chi connectivity index (χ2v) is 7.95. The van der Waals surface area contributed by atoms with Crippen LogP contribution in [0.1, 0.15) is 5.56 Å². The average Bonchev–Trinajstić information content (AvgIpc) is 2.79. The quantitative estimate of drug-likeness (QED) is 0.766. The van der Waals surface area contributed by atoms with Gasteiger partial charge < -0.3 is 10.2 Å². The molecule has 0 aliphatic carbocycles. The standard InChI is InChI=1S/C12H12Br2N2O3S/c1-16(6-8-2-3-19-7-8)20(17,18)12-10(14)4-9(13)5-11(12)15/h2-5,7H,6,15H2,1H3. The van der Waals surface area contributed by atoms with Gasteiger partial charge >= 0.3 is 0 Å². The molecule has 0 atom stereocenters. The highest BCUT2D eigenvalue weighted by Crippen LogP contribution is 2.33. The first-order valence-corrected chi connectivity index (χ1v) is 8.57. The first-order valence-electron chi connectivity index (χ1n) is 5.54. The number of halogens is 2. The molecule has 0 unspecified atom stereocenters. The third-order valence-corrected chi connectivity index (χ3v) is 5.96. The van der Waals surface area contributed by atoms with Crippen molar-refractivity contribution in [1.82, 2.24) is 4.31 Å². The van der Waals surface area contributed by atoms with E-state index in [0.29, 0.717) is 8.95 Å². The zero-order valence-electron chi connectivity index (χ0n) is 10.5. The number of benzene rings is 1. The molecule has 2 aromatic rings. The number of sulfonamides is 1. The summed E-state index contributed by atoms with van der Waals surface area (Å²) in [5, 5.41) is 0. The number of nitrogen functional groups attached to an aromatic ring is 1. The topological polar surface area (TPSA) is 76.5 Å². The Balaban J connectivity index is 2.40. The van der Waals surface area contributed by atoms with E-state index in [9.17, 15) is 8.42 Å². The summed E-state index contributed by atoms with van der Waals surface area (Å²) >= 11 is 6.51. The molecule has 0 saturated heterocycles. The van der Waals surface area contributed by atoms with Crippen molar-refractivity contribution in [3.05, 3.63) is 45.2 Å². The predicted molar refractivity (Wildman–Crippen MR) is 83.6 cm³/mol. The zero-order valence-corrected chi connectivity index (χ0v) is 14.5. The number of furan rings is 1. The summed E-state index contributed by atoms with van der Waals surface area (Å²) in [6.07, 6.45) is 3.01. The maximum atomic E-state index is 12.6. The van der Waals surface area contributed by atoms with Crippen molar-refractivity contribution >= 4 is 47.6 Å². The molecule has 0 saturated carbocycles. The van der Waals surface area contributed by atoms with E-state index in [0.717, 1.165) is 5.56 Å². The Kier molecular flexibility index (Phi) is 4.58. The number of nitrogens with two attached hydrogens (primary N) is 1. The normalized spacial score (nSPS) is 12.0. The van der Waals surface area contributed by atoms with Gasteiger partial charge in [-0.3, -0.25) is 0 Å². The van der Waals surface area contributed by atoms with Crippen LogP contribution in [0.4, 0.5) is 5.69 Å². The van der Waals surface area contributed by atoms with Gasteiger partial charge in [0.2, 0.25) is 10.0 Å². The Morgan fingerprint density at radius 2 is 2.05 bits per heavy atom. The predicted octanol–water partition coefficient (Wildman–Crippen LogP) is 3.21. The maximum Gasteiger partial charge on any atom is 0.246 e. The van der Waals surface area contributed by atoms with Gasteiger partial charge in [0.15, 0.2) is 0 Å². The number of anilines is 1. The molecule has 1 aromatic carbocycles. The molecule has 108 valence electrons. The van der Waals surface area contributed by atoms with Gasteiger partial charge in [0.25, 0.3) is 0 Å². The minimum atomic E-state index is -3.69. The summed E-state index contributed by atoms with van der Waals surface area (Å²) in [5.41, 5.74) is 6.79. The molecule has 8 heteroatoms.